The number of thiazole rings is 1. The van der Waals surface area contributed by atoms with E-state index in [2.05, 4.69) is 39.3 Å². The van der Waals surface area contributed by atoms with Gasteiger partial charge in [0.05, 0.1) is 17.7 Å². The molecular formula is C14H24N4OS. The Balaban J connectivity index is 1.65. The first-order chi connectivity index (χ1) is 9.63. The minimum atomic E-state index is 0.145. The summed E-state index contributed by atoms with van der Waals surface area (Å²) in [4.78, 5) is 20.7. The first-order valence-electron chi connectivity index (χ1n) is 7.22. The van der Waals surface area contributed by atoms with Crippen LogP contribution >= 0.6 is 11.3 Å². The van der Waals surface area contributed by atoms with Crippen molar-refractivity contribution in [2.24, 2.45) is 5.92 Å². The summed E-state index contributed by atoms with van der Waals surface area (Å²) in [6.07, 6.45) is 0. The van der Waals surface area contributed by atoms with E-state index in [0.717, 1.165) is 45.0 Å². The lowest BCUT2D eigenvalue weighted by molar-refractivity contribution is -0.122. The molecule has 6 heteroatoms. The van der Waals surface area contributed by atoms with Crippen molar-refractivity contribution < 1.29 is 4.79 Å². The molecule has 112 valence electrons. The monoisotopic (exact) mass is 296 g/mol. The van der Waals surface area contributed by atoms with E-state index in [4.69, 9.17) is 0 Å². The van der Waals surface area contributed by atoms with Gasteiger partial charge in [-0.05, 0) is 5.92 Å². The molecule has 0 radical (unpaired) electrons. The number of hydrogen-bond donors (Lipinski definition) is 1. The van der Waals surface area contributed by atoms with Crippen molar-refractivity contribution in [2.75, 3.05) is 39.3 Å². The van der Waals surface area contributed by atoms with Gasteiger partial charge in [-0.25, -0.2) is 4.98 Å². The van der Waals surface area contributed by atoms with E-state index in [-0.39, 0.29) is 5.91 Å². The van der Waals surface area contributed by atoms with E-state index in [0.29, 0.717) is 12.5 Å². The molecule has 1 aliphatic heterocycles. The second kappa shape index (κ2) is 7.71. The normalized spacial score (nSPS) is 17.6. The molecule has 1 amide bonds. The third kappa shape index (κ3) is 5.19. The van der Waals surface area contributed by atoms with Crippen molar-refractivity contribution in [3.63, 3.8) is 0 Å². The Hall–Kier alpha value is -0.980. The summed E-state index contributed by atoms with van der Waals surface area (Å²) >= 11 is 1.64. The molecule has 0 atom stereocenters. The second-order valence-corrected chi connectivity index (χ2v) is 6.45. The van der Waals surface area contributed by atoms with Crippen molar-refractivity contribution in [1.29, 1.82) is 0 Å². The number of nitrogens with zero attached hydrogens (tertiary/aromatic N) is 3. The first kappa shape index (κ1) is 15.4. The Labute approximate surface area is 125 Å². The third-order valence-electron chi connectivity index (χ3n) is 3.41. The van der Waals surface area contributed by atoms with Crippen LogP contribution in [0.1, 0.15) is 19.5 Å². The predicted molar refractivity (Wildman–Crippen MR) is 81.7 cm³/mol. The second-order valence-electron chi connectivity index (χ2n) is 5.73. The van der Waals surface area contributed by atoms with Gasteiger partial charge >= 0.3 is 0 Å². The van der Waals surface area contributed by atoms with Gasteiger partial charge in [-0.3, -0.25) is 14.6 Å². The summed E-state index contributed by atoms with van der Waals surface area (Å²) in [5.41, 5.74) is 3.03. The highest BCUT2D eigenvalue weighted by Gasteiger charge is 2.19. The fourth-order valence-electron chi connectivity index (χ4n) is 2.23. The number of rotatable bonds is 6. The molecule has 0 spiro atoms. The Kier molecular flexibility index (Phi) is 5.94. The van der Waals surface area contributed by atoms with Gasteiger partial charge in [0.2, 0.25) is 5.91 Å². The maximum absolute atomic E-state index is 11.8. The smallest absolute Gasteiger partial charge is 0.234 e. The van der Waals surface area contributed by atoms with E-state index in [1.807, 2.05) is 5.51 Å². The Morgan fingerprint density at radius 3 is 2.65 bits per heavy atom. The Morgan fingerprint density at radius 1 is 1.35 bits per heavy atom. The fourth-order valence-corrected chi connectivity index (χ4v) is 2.78. The zero-order chi connectivity index (χ0) is 14.4. The average molecular weight is 296 g/mol. The molecule has 1 fully saturated rings. The van der Waals surface area contributed by atoms with Gasteiger partial charge in [-0.1, -0.05) is 13.8 Å². The van der Waals surface area contributed by atoms with Crippen LogP contribution in [0.25, 0.3) is 0 Å². The highest BCUT2D eigenvalue weighted by atomic mass is 32.1. The minimum absolute atomic E-state index is 0.145. The number of piperazine rings is 1. The summed E-state index contributed by atoms with van der Waals surface area (Å²) in [6, 6.07) is 0. The molecule has 0 aliphatic carbocycles. The molecule has 0 unspecified atom stereocenters. The Morgan fingerprint density at radius 2 is 2.05 bits per heavy atom. The maximum Gasteiger partial charge on any atom is 0.234 e. The zero-order valence-electron chi connectivity index (χ0n) is 12.3. The number of carbonyl (C=O) groups excluding carboxylic acids is 1. The lowest BCUT2D eigenvalue weighted by Gasteiger charge is -2.33. The van der Waals surface area contributed by atoms with Crippen LogP contribution in [0.2, 0.25) is 0 Å². The van der Waals surface area contributed by atoms with E-state index in [1.165, 1.54) is 0 Å². The highest BCUT2D eigenvalue weighted by molar-refractivity contribution is 7.07. The molecule has 1 saturated heterocycles. The molecule has 5 nitrogen and oxygen atoms in total. The van der Waals surface area contributed by atoms with E-state index in [1.54, 1.807) is 11.3 Å². The van der Waals surface area contributed by atoms with Gasteiger partial charge in [-0.2, -0.15) is 0 Å². The van der Waals surface area contributed by atoms with Crippen LogP contribution in [0, 0.1) is 5.92 Å². The lowest BCUT2D eigenvalue weighted by atomic mass is 10.2. The van der Waals surface area contributed by atoms with Gasteiger partial charge in [0.15, 0.2) is 0 Å². The van der Waals surface area contributed by atoms with Crippen LogP contribution in [0.4, 0.5) is 0 Å². The molecule has 20 heavy (non-hydrogen) atoms. The molecular weight excluding hydrogens is 272 g/mol. The summed E-state index contributed by atoms with van der Waals surface area (Å²) in [6.45, 7) is 10.4. The van der Waals surface area contributed by atoms with E-state index in [9.17, 15) is 4.79 Å². The molecule has 2 heterocycles. The third-order valence-corrected chi connectivity index (χ3v) is 4.04. The van der Waals surface area contributed by atoms with Crippen LogP contribution in [0.5, 0.6) is 0 Å². The molecule has 1 aromatic heterocycles. The number of carbonyl (C=O) groups is 1. The molecule has 1 N–H and O–H groups in total. The van der Waals surface area contributed by atoms with Crippen molar-refractivity contribution >= 4 is 17.2 Å². The molecule has 1 aromatic rings. The molecule has 1 aliphatic rings. The van der Waals surface area contributed by atoms with Crippen LogP contribution in [-0.4, -0.2) is 60.0 Å². The van der Waals surface area contributed by atoms with E-state index >= 15 is 0 Å². The van der Waals surface area contributed by atoms with Gasteiger partial charge in [0.1, 0.15) is 0 Å². The van der Waals surface area contributed by atoms with E-state index < -0.39 is 0 Å². The van der Waals surface area contributed by atoms with Crippen molar-refractivity contribution in [3.8, 4) is 0 Å². The van der Waals surface area contributed by atoms with Gasteiger partial charge in [0, 0.05) is 44.6 Å². The van der Waals surface area contributed by atoms with Gasteiger partial charge < -0.3 is 5.32 Å². The molecule has 2 rings (SSSR count). The zero-order valence-corrected chi connectivity index (χ0v) is 13.2. The summed E-state index contributed by atoms with van der Waals surface area (Å²) in [7, 11) is 0. The number of amides is 1. The van der Waals surface area contributed by atoms with Crippen LogP contribution in [-0.2, 0) is 11.3 Å². The minimum Gasteiger partial charge on any atom is -0.355 e. The maximum atomic E-state index is 11.8. The van der Waals surface area contributed by atoms with Crippen molar-refractivity contribution in [1.82, 2.24) is 20.1 Å². The molecule has 0 aromatic carbocycles. The quantitative estimate of drug-likeness (QED) is 0.852. The number of aromatic nitrogens is 1. The van der Waals surface area contributed by atoms with Gasteiger partial charge in [-0.15, -0.1) is 11.3 Å². The number of nitrogens with one attached hydrogen (secondary N) is 1. The molecule has 0 saturated carbocycles. The summed E-state index contributed by atoms with van der Waals surface area (Å²) in [5.74, 6) is 0.653. The summed E-state index contributed by atoms with van der Waals surface area (Å²) in [5, 5.41) is 5.08. The molecule has 0 bridgehead atoms. The fraction of sp³-hybridized carbons (Fsp3) is 0.714. The van der Waals surface area contributed by atoms with Crippen LogP contribution < -0.4 is 5.32 Å². The highest BCUT2D eigenvalue weighted by Crippen LogP contribution is 2.08. The lowest BCUT2D eigenvalue weighted by Crippen LogP contribution is -2.49. The van der Waals surface area contributed by atoms with Crippen LogP contribution in [0.3, 0.4) is 0 Å². The predicted octanol–water partition coefficient (Wildman–Crippen LogP) is 1.03. The topological polar surface area (TPSA) is 48.5 Å². The van der Waals surface area contributed by atoms with Gasteiger partial charge in [0.25, 0.3) is 0 Å². The first-order valence-corrected chi connectivity index (χ1v) is 8.16. The van der Waals surface area contributed by atoms with Crippen LogP contribution in [0.15, 0.2) is 10.9 Å². The van der Waals surface area contributed by atoms with Crippen molar-refractivity contribution in [2.45, 2.75) is 20.4 Å². The standard InChI is InChI=1S/C14H24N4OS/c1-12(2)7-15-14(19)9-18-5-3-17(4-6-18)8-13-10-20-11-16-13/h10-12H,3-9H2,1-2H3,(H,15,19). The average Bonchev–Trinajstić information content (AvgIpc) is 2.92. The largest absolute Gasteiger partial charge is 0.355 e. The summed E-state index contributed by atoms with van der Waals surface area (Å²) < 4.78 is 0. The number of hydrogen-bond acceptors (Lipinski definition) is 5. The SMILES string of the molecule is CC(C)CNC(=O)CN1CCN(Cc2cscn2)CC1. The van der Waals surface area contributed by atoms with Crippen molar-refractivity contribution in [3.05, 3.63) is 16.6 Å². The Bertz CT molecular complexity index is 399.